The standard InChI is InChI=1S/C20H22N8S/c1-10(11(2)21)16-17-18(29-19(16)22)20(26-9-25-17)27-13-7-28(8-13)15-6-23-14(5-24-15)12-3-4-12/h5-6,9,12-13,21-22H,3-4,7-8H2,1-2H3,(H,25,26,27)/b16-10-,21-11?,22-19?. The molecule has 1 aliphatic carbocycles. The number of hydrogen-bond acceptors (Lipinski definition) is 9. The molecule has 4 heterocycles. The summed E-state index contributed by atoms with van der Waals surface area (Å²) < 4.78 is 0. The molecule has 2 aromatic heterocycles. The van der Waals surface area contributed by atoms with Crippen LogP contribution >= 0.6 is 11.8 Å². The summed E-state index contributed by atoms with van der Waals surface area (Å²) in [4.78, 5) is 21.0. The van der Waals surface area contributed by atoms with Crippen LogP contribution in [0.25, 0.3) is 5.57 Å². The maximum atomic E-state index is 8.34. The Morgan fingerprint density at radius 3 is 2.59 bits per heavy atom. The molecule has 0 aromatic carbocycles. The number of nitrogens with zero attached hydrogens (tertiary/aromatic N) is 5. The zero-order valence-electron chi connectivity index (χ0n) is 16.4. The molecular formula is C20H22N8S. The molecule has 0 atom stereocenters. The zero-order chi connectivity index (χ0) is 20.1. The Kier molecular flexibility index (Phi) is 4.34. The third kappa shape index (κ3) is 3.29. The van der Waals surface area contributed by atoms with Crippen LogP contribution in [0.4, 0.5) is 11.6 Å². The van der Waals surface area contributed by atoms with Crippen LogP contribution in [0.2, 0.25) is 0 Å². The molecular weight excluding hydrogens is 384 g/mol. The second-order valence-electron chi connectivity index (χ2n) is 7.78. The first-order valence-electron chi connectivity index (χ1n) is 9.73. The van der Waals surface area contributed by atoms with Gasteiger partial charge >= 0.3 is 0 Å². The van der Waals surface area contributed by atoms with Gasteiger partial charge in [0.25, 0.3) is 0 Å². The van der Waals surface area contributed by atoms with Gasteiger partial charge in [-0.25, -0.2) is 15.0 Å². The molecule has 1 saturated heterocycles. The summed E-state index contributed by atoms with van der Waals surface area (Å²) in [5, 5.41) is 20.2. The van der Waals surface area contributed by atoms with Crippen LogP contribution in [0.15, 0.2) is 29.2 Å². The average molecular weight is 407 g/mol. The Morgan fingerprint density at radius 1 is 1.14 bits per heavy atom. The van der Waals surface area contributed by atoms with Crippen molar-refractivity contribution in [2.24, 2.45) is 0 Å². The number of allylic oxidation sites excluding steroid dienone is 1. The predicted molar refractivity (Wildman–Crippen MR) is 115 cm³/mol. The second-order valence-corrected chi connectivity index (χ2v) is 8.80. The number of anilines is 2. The van der Waals surface area contributed by atoms with Crippen LogP contribution < -0.4 is 10.2 Å². The minimum Gasteiger partial charge on any atom is -0.363 e. The number of aromatic nitrogens is 4. The predicted octanol–water partition coefficient (Wildman–Crippen LogP) is 3.34. The highest BCUT2D eigenvalue weighted by atomic mass is 32.2. The van der Waals surface area contributed by atoms with Gasteiger partial charge in [0.1, 0.15) is 23.0 Å². The van der Waals surface area contributed by atoms with E-state index in [0.29, 0.717) is 16.7 Å². The van der Waals surface area contributed by atoms with Crippen LogP contribution in [0, 0.1) is 10.8 Å². The van der Waals surface area contributed by atoms with Crippen molar-refractivity contribution >= 4 is 39.7 Å². The van der Waals surface area contributed by atoms with Gasteiger partial charge < -0.3 is 15.6 Å². The van der Waals surface area contributed by atoms with Gasteiger partial charge in [-0.05, 0) is 32.3 Å². The molecule has 3 aliphatic rings. The molecule has 3 N–H and O–H groups in total. The molecule has 9 heteroatoms. The molecule has 2 aromatic rings. The Bertz CT molecular complexity index is 1030. The SMILES string of the molecule is CC(=N)/C(C)=C1\C(=N)Sc2c(NC3CN(c4cnc(C5CC5)cn4)C3)ncnc21. The monoisotopic (exact) mass is 406 g/mol. The van der Waals surface area contributed by atoms with E-state index < -0.39 is 0 Å². The Balaban J connectivity index is 1.29. The van der Waals surface area contributed by atoms with Crippen LogP contribution in [0.5, 0.6) is 0 Å². The first kappa shape index (κ1) is 18.2. The summed E-state index contributed by atoms with van der Waals surface area (Å²) in [6.45, 7) is 5.28. The van der Waals surface area contributed by atoms with Crippen molar-refractivity contribution in [2.75, 3.05) is 23.3 Å². The van der Waals surface area contributed by atoms with Crippen LogP contribution in [0.3, 0.4) is 0 Å². The Labute approximate surface area is 173 Å². The first-order valence-corrected chi connectivity index (χ1v) is 10.5. The molecule has 1 saturated carbocycles. The largest absolute Gasteiger partial charge is 0.363 e. The van der Waals surface area contributed by atoms with E-state index in [0.717, 1.165) is 52.2 Å². The minimum absolute atomic E-state index is 0.257. The van der Waals surface area contributed by atoms with Gasteiger partial charge in [-0.15, -0.1) is 0 Å². The van der Waals surface area contributed by atoms with Crippen molar-refractivity contribution in [3.63, 3.8) is 0 Å². The van der Waals surface area contributed by atoms with Crippen molar-refractivity contribution in [3.05, 3.63) is 35.7 Å². The van der Waals surface area contributed by atoms with Crippen molar-refractivity contribution in [1.82, 2.24) is 19.9 Å². The highest BCUT2D eigenvalue weighted by Crippen LogP contribution is 2.44. The van der Waals surface area contributed by atoms with Crippen molar-refractivity contribution < 1.29 is 0 Å². The molecule has 0 bridgehead atoms. The molecule has 29 heavy (non-hydrogen) atoms. The summed E-state index contributed by atoms with van der Waals surface area (Å²) in [7, 11) is 0. The first-order chi connectivity index (χ1) is 14.0. The normalized spacial score (nSPS) is 20.3. The van der Waals surface area contributed by atoms with E-state index in [1.165, 1.54) is 30.9 Å². The molecule has 2 aliphatic heterocycles. The van der Waals surface area contributed by atoms with Crippen LogP contribution in [-0.4, -0.2) is 49.8 Å². The van der Waals surface area contributed by atoms with E-state index >= 15 is 0 Å². The van der Waals surface area contributed by atoms with Crippen LogP contribution in [0.1, 0.15) is 44.0 Å². The Hall–Kier alpha value is -2.81. The van der Waals surface area contributed by atoms with E-state index in [2.05, 4.69) is 30.2 Å². The van der Waals surface area contributed by atoms with Gasteiger partial charge in [0.05, 0.1) is 34.7 Å². The molecule has 0 spiro atoms. The third-order valence-electron chi connectivity index (χ3n) is 5.61. The van der Waals surface area contributed by atoms with Gasteiger partial charge in [0.15, 0.2) is 0 Å². The van der Waals surface area contributed by atoms with E-state index in [1.807, 2.05) is 19.3 Å². The van der Waals surface area contributed by atoms with Gasteiger partial charge in [-0.1, -0.05) is 11.8 Å². The summed E-state index contributed by atoms with van der Waals surface area (Å²) >= 11 is 1.36. The lowest BCUT2D eigenvalue weighted by Crippen LogP contribution is -2.55. The minimum atomic E-state index is 0.257. The van der Waals surface area contributed by atoms with Crippen molar-refractivity contribution in [3.8, 4) is 0 Å². The smallest absolute Gasteiger partial charge is 0.147 e. The quantitative estimate of drug-likeness (QED) is 0.652. The zero-order valence-corrected chi connectivity index (χ0v) is 17.2. The molecule has 0 amide bonds. The lowest BCUT2D eigenvalue weighted by Gasteiger charge is -2.40. The van der Waals surface area contributed by atoms with E-state index in [4.69, 9.17) is 10.8 Å². The fourth-order valence-corrected chi connectivity index (χ4v) is 4.60. The fraction of sp³-hybridized carbons (Fsp3) is 0.400. The van der Waals surface area contributed by atoms with Gasteiger partial charge in [-0.2, -0.15) is 0 Å². The van der Waals surface area contributed by atoms with Gasteiger partial charge in [0.2, 0.25) is 0 Å². The van der Waals surface area contributed by atoms with E-state index in [1.54, 1.807) is 6.92 Å². The maximum Gasteiger partial charge on any atom is 0.147 e. The van der Waals surface area contributed by atoms with Gasteiger partial charge in [-0.3, -0.25) is 10.4 Å². The summed E-state index contributed by atoms with van der Waals surface area (Å²) in [6.07, 6.45) is 7.79. The second kappa shape index (κ2) is 6.91. The maximum absolute atomic E-state index is 8.34. The molecule has 0 unspecified atom stereocenters. The lowest BCUT2D eigenvalue weighted by molar-refractivity contribution is 0.540. The van der Waals surface area contributed by atoms with E-state index in [9.17, 15) is 0 Å². The number of hydrogen-bond donors (Lipinski definition) is 3. The molecule has 148 valence electrons. The molecule has 2 fully saturated rings. The highest BCUT2D eigenvalue weighted by Gasteiger charge is 2.33. The topological polar surface area (TPSA) is 115 Å². The van der Waals surface area contributed by atoms with Crippen molar-refractivity contribution in [1.29, 1.82) is 10.8 Å². The fourth-order valence-electron chi connectivity index (χ4n) is 3.58. The third-order valence-corrected chi connectivity index (χ3v) is 6.61. The number of rotatable bonds is 5. The van der Waals surface area contributed by atoms with Gasteiger partial charge in [0, 0.05) is 30.3 Å². The summed E-state index contributed by atoms with van der Waals surface area (Å²) in [6, 6.07) is 0.257. The Morgan fingerprint density at radius 2 is 1.93 bits per heavy atom. The summed E-state index contributed by atoms with van der Waals surface area (Å²) in [5.41, 5.74) is 3.84. The number of thioether (sulfide) groups is 1. The summed E-state index contributed by atoms with van der Waals surface area (Å²) in [5.74, 6) is 2.30. The highest BCUT2D eigenvalue weighted by molar-refractivity contribution is 8.15. The average Bonchev–Trinajstić information content (AvgIpc) is 3.46. The van der Waals surface area contributed by atoms with Crippen LogP contribution in [-0.2, 0) is 0 Å². The molecule has 8 nitrogen and oxygen atoms in total. The van der Waals surface area contributed by atoms with Crippen molar-refractivity contribution in [2.45, 2.75) is 43.5 Å². The number of fused-ring (bicyclic) bond motifs is 1. The number of nitrogens with one attached hydrogen (secondary N) is 3. The van der Waals surface area contributed by atoms with E-state index in [-0.39, 0.29) is 6.04 Å². The lowest BCUT2D eigenvalue weighted by atomic mass is 10.0. The molecule has 0 radical (unpaired) electrons. The molecule has 5 rings (SSSR count).